The second-order valence-electron chi connectivity index (χ2n) is 7.52. The van der Waals surface area contributed by atoms with Crippen molar-refractivity contribution in [2.24, 2.45) is 0 Å². The molecule has 0 saturated heterocycles. The molecule has 0 aliphatic rings. The maximum Gasteiger partial charge on any atom is 0.416 e. The van der Waals surface area contributed by atoms with Crippen molar-refractivity contribution in [3.8, 4) is 11.1 Å². The summed E-state index contributed by atoms with van der Waals surface area (Å²) in [6, 6.07) is 9.90. The Bertz CT molecular complexity index is 1150. The van der Waals surface area contributed by atoms with Gasteiger partial charge in [0, 0.05) is 23.9 Å². The fourth-order valence-electron chi connectivity index (χ4n) is 3.42. The van der Waals surface area contributed by atoms with E-state index in [1.807, 2.05) is 32.0 Å². The molecule has 1 aromatic heterocycles. The van der Waals surface area contributed by atoms with E-state index in [1.165, 1.54) is 13.2 Å². The second-order valence-corrected chi connectivity index (χ2v) is 7.52. The van der Waals surface area contributed by atoms with Crippen LogP contribution in [0.5, 0.6) is 0 Å². The first kappa shape index (κ1) is 24.3. The molecule has 0 atom stereocenters. The first-order valence-electron chi connectivity index (χ1n) is 9.95. The lowest BCUT2D eigenvalue weighted by atomic mass is 9.98. The van der Waals surface area contributed by atoms with Crippen LogP contribution in [-0.2, 0) is 18.8 Å². The molecule has 3 nitrogen and oxygen atoms in total. The lowest BCUT2D eigenvalue weighted by molar-refractivity contribution is -0.143. The molecular weight excluding hydrogens is 446 g/mol. The lowest BCUT2D eigenvalue weighted by Crippen LogP contribution is -2.28. The monoisotopic (exact) mass is 466 g/mol. The smallest absolute Gasteiger partial charge is 0.309 e. The number of anilines is 1. The molecule has 33 heavy (non-hydrogen) atoms. The van der Waals surface area contributed by atoms with Gasteiger partial charge < -0.3 is 4.90 Å². The Morgan fingerprint density at radius 2 is 1.48 bits per heavy atom. The normalized spacial score (nSPS) is 12.0. The minimum atomic E-state index is -5.05. The zero-order valence-corrected chi connectivity index (χ0v) is 18.0. The number of hydrogen-bond acceptors (Lipinski definition) is 2. The number of carbonyl (C=O) groups excluding carboxylic acids is 1. The second kappa shape index (κ2) is 8.88. The number of aromatic nitrogens is 1. The van der Waals surface area contributed by atoms with Gasteiger partial charge in [0.15, 0.2) is 0 Å². The van der Waals surface area contributed by atoms with Crippen LogP contribution in [0.25, 0.3) is 11.1 Å². The van der Waals surface area contributed by atoms with E-state index in [0.717, 1.165) is 21.7 Å². The minimum Gasteiger partial charge on any atom is -0.309 e. The fraction of sp³-hybridized carbons (Fsp3) is 0.250. The molecule has 0 saturated carbocycles. The molecule has 3 rings (SSSR count). The number of pyridine rings is 1. The molecule has 0 N–H and O–H groups in total. The van der Waals surface area contributed by atoms with Gasteiger partial charge in [0.1, 0.15) is 0 Å². The summed E-state index contributed by atoms with van der Waals surface area (Å²) < 4.78 is 79.4. The number of benzene rings is 2. The van der Waals surface area contributed by atoms with E-state index >= 15 is 0 Å². The van der Waals surface area contributed by atoms with E-state index in [-0.39, 0.29) is 11.8 Å². The van der Waals surface area contributed by atoms with Crippen LogP contribution in [0.4, 0.5) is 32.0 Å². The summed E-state index contributed by atoms with van der Waals surface area (Å²) in [5, 5.41) is 0. The Morgan fingerprint density at radius 1 is 0.909 bits per heavy atom. The van der Waals surface area contributed by atoms with Crippen LogP contribution >= 0.6 is 0 Å². The highest BCUT2D eigenvalue weighted by atomic mass is 19.4. The van der Waals surface area contributed by atoms with Crippen LogP contribution < -0.4 is 4.90 Å². The molecule has 0 unspecified atom stereocenters. The summed E-state index contributed by atoms with van der Waals surface area (Å²) in [4.78, 5) is 18.4. The summed E-state index contributed by atoms with van der Waals surface area (Å²) >= 11 is 0. The molecule has 0 radical (unpaired) electrons. The molecule has 0 spiro atoms. The zero-order chi connectivity index (χ0) is 24.6. The molecule has 0 fully saturated rings. The van der Waals surface area contributed by atoms with E-state index < -0.39 is 35.0 Å². The molecule has 1 amide bonds. The number of amides is 1. The third-order valence-corrected chi connectivity index (χ3v) is 5.24. The highest BCUT2D eigenvalue weighted by Gasteiger charge is 2.38. The van der Waals surface area contributed by atoms with Gasteiger partial charge in [-0.25, -0.2) is 0 Å². The van der Waals surface area contributed by atoms with Crippen LogP contribution in [0.15, 0.2) is 54.7 Å². The Morgan fingerprint density at radius 3 is 2.00 bits per heavy atom. The van der Waals surface area contributed by atoms with E-state index in [0.29, 0.717) is 24.1 Å². The van der Waals surface area contributed by atoms with Crippen LogP contribution in [0.1, 0.15) is 39.7 Å². The number of halogens is 6. The summed E-state index contributed by atoms with van der Waals surface area (Å²) in [5.74, 6) is -1.02. The van der Waals surface area contributed by atoms with Crippen LogP contribution in [0.2, 0.25) is 0 Å². The third-order valence-electron chi connectivity index (χ3n) is 5.24. The first-order valence-corrected chi connectivity index (χ1v) is 9.95. The first-order chi connectivity index (χ1) is 15.3. The van der Waals surface area contributed by atoms with Crippen molar-refractivity contribution in [1.82, 2.24) is 4.98 Å². The van der Waals surface area contributed by atoms with E-state index in [2.05, 4.69) is 4.98 Å². The molecule has 3 aromatic rings. The molecule has 2 aromatic carbocycles. The van der Waals surface area contributed by atoms with Gasteiger partial charge in [-0.05, 0) is 48.7 Å². The standard InChI is InChI=1S/C24H20F6N2O/c1-4-18-12-20(19-8-6-5-7-14(19)2)21(13-31-18)32(3)22(33)15-9-16(23(25,26)27)11-17(10-15)24(28,29)30/h5-13H,4H2,1-3H3. The molecule has 0 aliphatic heterocycles. The van der Waals surface area contributed by atoms with Crippen LogP contribution in [0, 0.1) is 6.92 Å². The summed E-state index contributed by atoms with van der Waals surface area (Å²) in [7, 11) is 1.29. The van der Waals surface area contributed by atoms with E-state index in [1.54, 1.807) is 12.1 Å². The predicted octanol–water partition coefficient (Wildman–Crippen LogP) is 6.93. The van der Waals surface area contributed by atoms with Gasteiger partial charge in [0.2, 0.25) is 0 Å². The molecular formula is C24H20F6N2O. The largest absolute Gasteiger partial charge is 0.416 e. The molecule has 0 bridgehead atoms. The maximum absolute atomic E-state index is 13.2. The number of rotatable bonds is 4. The van der Waals surface area contributed by atoms with Gasteiger partial charge in [0.05, 0.1) is 23.0 Å². The van der Waals surface area contributed by atoms with Gasteiger partial charge in [-0.2, -0.15) is 26.3 Å². The SMILES string of the molecule is CCc1cc(-c2ccccc2C)c(N(C)C(=O)c2cc(C(F)(F)F)cc(C(F)(F)F)c2)cn1. The molecule has 174 valence electrons. The average molecular weight is 466 g/mol. The molecule has 1 heterocycles. The van der Waals surface area contributed by atoms with Crippen molar-refractivity contribution in [2.75, 3.05) is 11.9 Å². The highest BCUT2D eigenvalue weighted by molar-refractivity contribution is 6.08. The average Bonchev–Trinajstić information content (AvgIpc) is 2.76. The number of nitrogens with zero attached hydrogens (tertiary/aromatic N) is 2. The number of carbonyl (C=O) groups is 1. The van der Waals surface area contributed by atoms with Gasteiger partial charge >= 0.3 is 12.4 Å². The van der Waals surface area contributed by atoms with Crippen LogP contribution in [0.3, 0.4) is 0 Å². The predicted molar refractivity (Wildman–Crippen MR) is 113 cm³/mol. The van der Waals surface area contributed by atoms with E-state index in [4.69, 9.17) is 0 Å². The Labute approximate surface area is 186 Å². The van der Waals surface area contributed by atoms with Crippen molar-refractivity contribution >= 4 is 11.6 Å². The molecule has 9 heteroatoms. The van der Waals surface area contributed by atoms with Crippen molar-refractivity contribution < 1.29 is 31.1 Å². The Kier molecular flexibility index (Phi) is 6.53. The zero-order valence-electron chi connectivity index (χ0n) is 18.0. The van der Waals surface area contributed by atoms with Gasteiger partial charge in [0.25, 0.3) is 5.91 Å². The summed E-state index contributed by atoms with van der Waals surface area (Å²) in [6.45, 7) is 3.75. The Hall–Kier alpha value is -3.36. The maximum atomic E-state index is 13.2. The van der Waals surface area contributed by atoms with Crippen molar-refractivity contribution in [3.05, 3.63) is 82.7 Å². The van der Waals surface area contributed by atoms with Gasteiger partial charge in [-0.1, -0.05) is 31.2 Å². The number of hydrogen-bond donors (Lipinski definition) is 0. The topological polar surface area (TPSA) is 33.2 Å². The van der Waals surface area contributed by atoms with Crippen molar-refractivity contribution in [2.45, 2.75) is 32.6 Å². The fourth-order valence-corrected chi connectivity index (χ4v) is 3.42. The number of aryl methyl sites for hydroxylation is 2. The highest BCUT2D eigenvalue weighted by Crippen LogP contribution is 2.38. The summed E-state index contributed by atoms with van der Waals surface area (Å²) in [5.41, 5.74) is -0.599. The van der Waals surface area contributed by atoms with Gasteiger partial charge in [-0.15, -0.1) is 0 Å². The Balaban J connectivity index is 2.15. The lowest BCUT2D eigenvalue weighted by Gasteiger charge is -2.23. The van der Waals surface area contributed by atoms with Crippen LogP contribution in [-0.4, -0.2) is 17.9 Å². The number of alkyl halides is 6. The third kappa shape index (κ3) is 5.18. The van der Waals surface area contributed by atoms with Crippen molar-refractivity contribution in [1.29, 1.82) is 0 Å². The van der Waals surface area contributed by atoms with Crippen molar-refractivity contribution in [3.63, 3.8) is 0 Å². The minimum absolute atomic E-state index is 0.00681. The quantitative estimate of drug-likeness (QED) is 0.391. The molecule has 0 aliphatic carbocycles. The van der Waals surface area contributed by atoms with E-state index in [9.17, 15) is 31.1 Å². The summed E-state index contributed by atoms with van der Waals surface area (Å²) in [6.07, 6.45) is -8.10. The van der Waals surface area contributed by atoms with Gasteiger partial charge in [-0.3, -0.25) is 9.78 Å².